The highest BCUT2D eigenvalue weighted by Crippen LogP contribution is 2.26. The van der Waals surface area contributed by atoms with E-state index in [-0.39, 0.29) is 5.69 Å². The van der Waals surface area contributed by atoms with Gasteiger partial charge in [0.25, 0.3) is 5.91 Å². The standard InChI is InChI=1S/C18H17N9O2S2/c28-16(22-26-10-13(19-23-26)17(30)25-6-8-29-9-7-25)15-18-27(24-20-15)21-14(11-31-18)12-4-2-1-3-5-12/h1-5,10H,6-9,11H2,(H,22,28). The lowest BCUT2D eigenvalue weighted by Gasteiger charge is -2.27. The second kappa shape index (κ2) is 8.53. The molecule has 0 saturated carbocycles. The molecule has 11 nitrogen and oxygen atoms in total. The molecule has 0 atom stereocenters. The van der Waals surface area contributed by atoms with E-state index in [2.05, 4.69) is 31.2 Å². The third-order valence-electron chi connectivity index (χ3n) is 4.72. The van der Waals surface area contributed by atoms with Gasteiger partial charge in [-0.2, -0.15) is 9.89 Å². The topological polar surface area (TPSA) is 115 Å². The number of nitrogens with one attached hydrogen (secondary N) is 1. The van der Waals surface area contributed by atoms with Crippen LogP contribution in [-0.2, 0) is 4.74 Å². The first kappa shape index (κ1) is 19.8. The summed E-state index contributed by atoms with van der Waals surface area (Å²) in [5.41, 5.74) is 5.20. The fourth-order valence-corrected chi connectivity index (χ4v) is 4.39. The first-order valence-electron chi connectivity index (χ1n) is 9.51. The number of carbonyl (C=O) groups is 1. The third kappa shape index (κ3) is 4.06. The van der Waals surface area contributed by atoms with Gasteiger partial charge in [0, 0.05) is 18.8 Å². The zero-order valence-corrected chi connectivity index (χ0v) is 17.8. The first-order valence-corrected chi connectivity index (χ1v) is 10.9. The highest BCUT2D eigenvalue weighted by Gasteiger charge is 2.25. The van der Waals surface area contributed by atoms with E-state index < -0.39 is 5.91 Å². The number of hydrogen-bond donors (Lipinski definition) is 1. The van der Waals surface area contributed by atoms with Crippen molar-refractivity contribution in [3.05, 3.63) is 53.5 Å². The third-order valence-corrected chi connectivity index (χ3v) is 6.24. The molecule has 0 aliphatic carbocycles. The molecule has 0 unspecified atom stereocenters. The molecule has 1 N–H and O–H groups in total. The van der Waals surface area contributed by atoms with Crippen LogP contribution in [0.1, 0.15) is 21.7 Å². The van der Waals surface area contributed by atoms with Crippen LogP contribution in [0.3, 0.4) is 0 Å². The van der Waals surface area contributed by atoms with E-state index in [4.69, 9.17) is 17.0 Å². The number of nitrogens with zero attached hydrogens (tertiary/aromatic N) is 8. The Hall–Kier alpha value is -3.16. The number of fused-ring (bicyclic) bond motifs is 1. The highest BCUT2D eigenvalue weighted by atomic mass is 32.2. The van der Waals surface area contributed by atoms with Crippen LogP contribution in [0.5, 0.6) is 0 Å². The normalized spacial score (nSPS) is 15.9. The average Bonchev–Trinajstić information content (AvgIpc) is 3.46. The van der Waals surface area contributed by atoms with Gasteiger partial charge < -0.3 is 9.64 Å². The summed E-state index contributed by atoms with van der Waals surface area (Å²) in [6.07, 6.45) is 1.57. The van der Waals surface area contributed by atoms with Crippen molar-refractivity contribution in [3.63, 3.8) is 0 Å². The first-order chi connectivity index (χ1) is 15.2. The number of aromatic nitrogens is 6. The van der Waals surface area contributed by atoms with Gasteiger partial charge in [0.15, 0.2) is 10.7 Å². The number of morpholine rings is 1. The van der Waals surface area contributed by atoms with Crippen LogP contribution in [0.4, 0.5) is 0 Å². The molecule has 2 aliphatic rings. The molecule has 1 fully saturated rings. The summed E-state index contributed by atoms with van der Waals surface area (Å²) < 4.78 is 5.34. The summed E-state index contributed by atoms with van der Waals surface area (Å²) in [5.74, 6) is 0.153. The van der Waals surface area contributed by atoms with E-state index in [1.165, 1.54) is 21.3 Å². The van der Waals surface area contributed by atoms with Crippen LogP contribution in [-0.4, -0.2) is 83.8 Å². The summed E-state index contributed by atoms with van der Waals surface area (Å²) in [6.45, 7) is 2.64. The molecule has 0 spiro atoms. The molecule has 1 saturated heterocycles. The second-order valence-corrected chi connectivity index (χ2v) is 8.08. The zero-order chi connectivity index (χ0) is 21.2. The molecule has 13 heteroatoms. The SMILES string of the molecule is O=C(Nn1cc(C(=S)N2CCOCC2)nn1)c1nnn2c1SCC(c1ccccc1)=N2. The molecule has 0 bridgehead atoms. The quantitative estimate of drug-likeness (QED) is 0.565. The van der Waals surface area contributed by atoms with Crippen molar-refractivity contribution >= 4 is 40.6 Å². The Labute approximate surface area is 186 Å². The van der Waals surface area contributed by atoms with Gasteiger partial charge in [-0.15, -0.1) is 15.0 Å². The fourth-order valence-electron chi connectivity index (χ4n) is 3.15. The number of carbonyl (C=O) groups excluding carboxylic acids is 1. The Bertz CT molecular complexity index is 1150. The van der Waals surface area contributed by atoms with Crippen LogP contribution in [0.25, 0.3) is 0 Å². The van der Waals surface area contributed by atoms with Crippen LogP contribution in [0, 0.1) is 0 Å². The molecule has 2 aromatic heterocycles. The van der Waals surface area contributed by atoms with E-state index in [1.54, 1.807) is 6.20 Å². The lowest BCUT2D eigenvalue weighted by Crippen LogP contribution is -2.40. The minimum atomic E-state index is -0.458. The smallest absolute Gasteiger partial charge is 0.294 e. The van der Waals surface area contributed by atoms with E-state index in [0.29, 0.717) is 47.8 Å². The van der Waals surface area contributed by atoms with Gasteiger partial charge in [-0.1, -0.05) is 54.3 Å². The Balaban J connectivity index is 1.29. The fraction of sp³-hybridized carbons (Fsp3) is 0.278. The van der Waals surface area contributed by atoms with Crippen LogP contribution in [0.2, 0.25) is 0 Å². The summed E-state index contributed by atoms with van der Waals surface area (Å²) in [6, 6.07) is 9.83. The number of amides is 1. The maximum atomic E-state index is 12.7. The van der Waals surface area contributed by atoms with Gasteiger partial charge in [0.2, 0.25) is 0 Å². The van der Waals surface area contributed by atoms with E-state index in [1.807, 2.05) is 35.2 Å². The van der Waals surface area contributed by atoms with Gasteiger partial charge in [0.05, 0.1) is 25.1 Å². The molecule has 0 radical (unpaired) electrons. The number of rotatable bonds is 4. The highest BCUT2D eigenvalue weighted by molar-refractivity contribution is 8.00. The lowest BCUT2D eigenvalue weighted by molar-refractivity contribution is 0.0692. The van der Waals surface area contributed by atoms with Crippen molar-refractivity contribution in [3.8, 4) is 0 Å². The molecule has 4 heterocycles. The summed E-state index contributed by atoms with van der Waals surface area (Å²) in [4.78, 5) is 17.9. The van der Waals surface area contributed by atoms with Crippen molar-refractivity contribution in [1.29, 1.82) is 0 Å². The second-order valence-electron chi connectivity index (χ2n) is 6.73. The number of hydrogen-bond acceptors (Lipinski definition) is 9. The van der Waals surface area contributed by atoms with Crippen molar-refractivity contribution < 1.29 is 9.53 Å². The maximum absolute atomic E-state index is 12.7. The molecular formula is C18H17N9O2S2. The lowest BCUT2D eigenvalue weighted by atomic mass is 10.1. The van der Waals surface area contributed by atoms with Crippen molar-refractivity contribution in [2.24, 2.45) is 5.10 Å². The molecule has 158 valence electrons. The van der Waals surface area contributed by atoms with Crippen LogP contribution in [0.15, 0.2) is 46.7 Å². The van der Waals surface area contributed by atoms with E-state index >= 15 is 0 Å². The number of benzene rings is 1. The molecule has 3 aromatic rings. The molecule has 2 aliphatic heterocycles. The van der Waals surface area contributed by atoms with Gasteiger partial charge in [-0.3, -0.25) is 4.79 Å². The summed E-state index contributed by atoms with van der Waals surface area (Å²) >= 11 is 6.93. The van der Waals surface area contributed by atoms with Crippen LogP contribution >= 0.6 is 24.0 Å². The predicted molar refractivity (Wildman–Crippen MR) is 117 cm³/mol. The molecule has 1 aromatic carbocycles. The zero-order valence-electron chi connectivity index (χ0n) is 16.2. The van der Waals surface area contributed by atoms with Gasteiger partial charge in [-0.25, -0.2) is 5.43 Å². The predicted octanol–water partition coefficient (Wildman–Crippen LogP) is 0.619. The Morgan fingerprint density at radius 3 is 2.74 bits per heavy atom. The van der Waals surface area contributed by atoms with Crippen molar-refractivity contribution in [2.45, 2.75) is 5.03 Å². The Morgan fingerprint density at radius 1 is 1.13 bits per heavy atom. The van der Waals surface area contributed by atoms with Crippen molar-refractivity contribution in [1.82, 2.24) is 35.1 Å². The largest absolute Gasteiger partial charge is 0.378 e. The van der Waals surface area contributed by atoms with Gasteiger partial charge in [-0.05, 0) is 16.0 Å². The molecule has 1 amide bonds. The van der Waals surface area contributed by atoms with E-state index in [0.717, 1.165) is 11.3 Å². The molecule has 5 rings (SSSR count). The van der Waals surface area contributed by atoms with E-state index in [9.17, 15) is 4.79 Å². The van der Waals surface area contributed by atoms with Crippen molar-refractivity contribution in [2.75, 3.05) is 37.5 Å². The maximum Gasteiger partial charge on any atom is 0.294 e. The Kier molecular flexibility index (Phi) is 5.44. The van der Waals surface area contributed by atoms with Crippen LogP contribution < -0.4 is 5.43 Å². The number of thiocarbonyl (C=S) groups is 1. The summed E-state index contributed by atoms with van der Waals surface area (Å²) in [5, 5.41) is 21.1. The average molecular weight is 456 g/mol. The minimum absolute atomic E-state index is 0.175. The number of thioether (sulfide) groups is 1. The summed E-state index contributed by atoms with van der Waals surface area (Å²) in [7, 11) is 0. The monoisotopic (exact) mass is 455 g/mol. The molecule has 31 heavy (non-hydrogen) atoms. The van der Waals surface area contributed by atoms with Gasteiger partial charge >= 0.3 is 0 Å². The van der Waals surface area contributed by atoms with Gasteiger partial charge in [0.1, 0.15) is 10.7 Å². The Morgan fingerprint density at radius 2 is 1.94 bits per heavy atom. The number of ether oxygens (including phenoxy) is 1. The minimum Gasteiger partial charge on any atom is -0.378 e. The molecular weight excluding hydrogens is 438 g/mol.